The Morgan fingerprint density at radius 1 is 0.900 bits per heavy atom. The van der Waals surface area contributed by atoms with Gasteiger partial charge < -0.3 is 25.4 Å². The second-order valence-electron chi connectivity index (χ2n) is 6.92. The number of hydrogen-bond donors (Lipinski definition) is 3. The van der Waals surface area contributed by atoms with Gasteiger partial charge in [0.15, 0.2) is 0 Å². The van der Waals surface area contributed by atoms with Crippen molar-refractivity contribution in [2.75, 3.05) is 32.6 Å². The molecule has 0 radical (unpaired) electrons. The van der Waals surface area contributed by atoms with Gasteiger partial charge in [0, 0.05) is 36.3 Å². The molecule has 0 spiro atoms. The van der Waals surface area contributed by atoms with Crippen LogP contribution >= 0.6 is 0 Å². The van der Waals surface area contributed by atoms with Crippen LogP contribution in [0.25, 0.3) is 0 Å². The summed E-state index contributed by atoms with van der Waals surface area (Å²) >= 11 is 0. The molecule has 2 aromatic carbocycles. The number of anilines is 1. The van der Waals surface area contributed by atoms with E-state index in [-0.39, 0.29) is 36.7 Å². The number of hydrogen-bond acceptors (Lipinski definition) is 5. The number of benzene rings is 2. The first-order valence-electron chi connectivity index (χ1n) is 9.71. The summed E-state index contributed by atoms with van der Waals surface area (Å²) in [6, 6.07) is 11.6. The van der Waals surface area contributed by atoms with Crippen molar-refractivity contribution in [3.05, 3.63) is 53.6 Å². The number of ether oxygens (including phenoxy) is 2. The zero-order valence-corrected chi connectivity index (χ0v) is 17.0. The Hall–Kier alpha value is -3.55. The molecule has 1 fully saturated rings. The van der Waals surface area contributed by atoms with Crippen LogP contribution in [0.1, 0.15) is 33.6 Å². The van der Waals surface area contributed by atoms with E-state index in [1.54, 1.807) is 42.5 Å². The molecule has 1 aliphatic carbocycles. The third-order valence-corrected chi connectivity index (χ3v) is 4.71. The van der Waals surface area contributed by atoms with Crippen LogP contribution in [0.2, 0.25) is 0 Å². The molecule has 1 saturated carbocycles. The third-order valence-electron chi connectivity index (χ3n) is 4.71. The van der Waals surface area contributed by atoms with Gasteiger partial charge in [0.2, 0.25) is 5.91 Å². The topological polar surface area (TPSA) is 106 Å². The molecule has 2 aromatic rings. The van der Waals surface area contributed by atoms with Crippen LogP contribution in [-0.2, 0) is 4.79 Å². The van der Waals surface area contributed by atoms with Gasteiger partial charge in [-0.2, -0.15) is 0 Å². The minimum atomic E-state index is -0.306. The molecule has 0 unspecified atom stereocenters. The van der Waals surface area contributed by atoms with E-state index in [2.05, 4.69) is 16.0 Å². The minimum absolute atomic E-state index is 0.0245. The Balaban J connectivity index is 1.44. The van der Waals surface area contributed by atoms with Crippen LogP contribution in [0.4, 0.5) is 5.69 Å². The Labute approximate surface area is 174 Å². The second-order valence-corrected chi connectivity index (χ2v) is 6.92. The van der Waals surface area contributed by atoms with Crippen LogP contribution in [0.15, 0.2) is 42.5 Å². The summed E-state index contributed by atoms with van der Waals surface area (Å²) < 4.78 is 10.3. The van der Waals surface area contributed by atoms with E-state index in [1.807, 2.05) is 0 Å². The van der Waals surface area contributed by atoms with Gasteiger partial charge in [-0.25, -0.2) is 0 Å². The van der Waals surface area contributed by atoms with Gasteiger partial charge in [-0.15, -0.1) is 0 Å². The van der Waals surface area contributed by atoms with Crippen LogP contribution in [0.3, 0.4) is 0 Å². The number of amides is 3. The molecule has 0 aromatic heterocycles. The number of nitrogens with one attached hydrogen (secondary N) is 3. The van der Waals surface area contributed by atoms with Gasteiger partial charge in [-0.1, -0.05) is 0 Å². The molecule has 30 heavy (non-hydrogen) atoms. The lowest BCUT2D eigenvalue weighted by atomic mass is 10.1. The molecule has 3 N–H and O–H groups in total. The normalized spacial score (nSPS) is 12.6. The lowest BCUT2D eigenvalue weighted by Crippen LogP contribution is -2.34. The molecule has 0 aliphatic heterocycles. The monoisotopic (exact) mass is 411 g/mol. The smallest absolute Gasteiger partial charge is 0.255 e. The minimum Gasteiger partial charge on any atom is -0.497 e. The Morgan fingerprint density at radius 3 is 2.17 bits per heavy atom. The van der Waals surface area contributed by atoms with Crippen LogP contribution < -0.4 is 25.4 Å². The molecular formula is C22H25N3O5. The largest absolute Gasteiger partial charge is 0.497 e. The molecule has 0 heterocycles. The van der Waals surface area contributed by atoms with E-state index in [0.717, 1.165) is 12.8 Å². The van der Waals surface area contributed by atoms with E-state index in [1.165, 1.54) is 14.2 Å². The molecule has 8 heteroatoms. The molecule has 0 bridgehead atoms. The lowest BCUT2D eigenvalue weighted by Gasteiger charge is -2.11. The van der Waals surface area contributed by atoms with Crippen LogP contribution in [0, 0.1) is 5.92 Å². The van der Waals surface area contributed by atoms with Crippen molar-refractivity contribution < 1.29 is 23.9 Å². The maximum Gasteiger partial charge on any atom is 0.255 e. The van der Waals surface area contributed by atoms with Crippen LogP contribution in [0.5, 0.6) is 11.5 Å². The standard InChI is InChI=1S/C22H25N3O5/c1-29-17-9-10-18(19(13-17)30-2)22(28)24-12-11-23-20(26)14-5-7-16(8-6-14)25-21(27)15-3-4-15/h5-10,13,15H,3-4,11-12H2,1-2H3,(H,23,26)(H,24,28)(H,25,27). The average molecular weight is 411 g/mol. The third kappa shape index (κ3) is 5.50. The Bertz CT molecular complexity index is 923. The lowest BCUT2D eigenvalue weighted by molar-refractivity contribution is -0.117. The Morgan fingerprint density at radius 2 is 1.57 bits per heavy atom. The summed E-state index contributed by atoms with van der Waals surface area (Å²) in [5.41, 5.74) is 1.53. The Kier molecular flexibility index (Phi) is 6.90. The predicted molar refractivity (Wildman–Crippen MR) is 112 cm³/mol. The van der Waals surface area contributed by atoms with Gasteiger partial charge in [-0.3, -0.25) is 14.4 Å². The number of rotatable bonds is 9. The van der Waals surface area contributed by atoms with E-state index in [4.69, 9.17) is 9.47 Å². The fourth-order valence-electron chi connectivity index (χ4n) is 2.83. The molecular weight excluding hydrogens is 386 g/mol. The van der Waals surface area contributed by atoms with Gasteiger partial charge in [-0.05, 0) is 49.2 Å². The highest BCUT2D eigenvalue weighted by Gasteiger charge is 2.29. The molecule has 3 amide bonds. The van der Waals surface area contributed by atoms with Crippen molar-refractivity contribution in [3.8, 4) is 11.5 Å². The molecule has 8 nitrogen and oxygen atoms in total. The summed E-state index contributed by atoms with van der Waals surface area (Å²) in [6.07, 6.45) is 1.88. The van der Waals surface area contributed by atoms with Crippen molar-refractivity contribution in [1.29, 1.82) is 0 Å². The van der Waals surface area contributed by atoms with E-state index >= 15 is 0 Å². The van der Waals surface area contributed by atoms with Crippen molar-refractivity contribution in [3.63, 3.8) is 0 Å². The molecule has 1 aliphatic rings. The molecule has 0 atom stereocenters. The summed E-state index contributed by atoms with van der Waals surface area (Å²) in [4.78, 5) is 36.3. The van der Waals surface area contributed by atoms with Crippen LogP contribution in [-0.4, -0.2) is 45.0 Å². The first-order valence-corrected chi connectivity index (χ1v) is 9.71. The highest BCUT2D eigenvalue weighted by molar-refractivity contribution is 5.98. The van der Waals surface area contributed by atoms with Crippen molar-refractivity contribution in [2.45, 2.75) is 12.8 Å². The summed E-state index contributed by atoms with van der Waals surface area (Å²) in [6.45, 7) is 0.526. The quantitative estimate of drug-likeness (QED) is 0.549. The first kappa shape index (κ1) is 21.2. The summed E-state index contributed by atoms with van der Waals surface area (Å²) in [5.74, 6) is 0.585. The van der Waals surface area contributed by atoms with Gasteiger partial charge in [0.25, 0.3) is 11.8 Å². The molecule has 158 valence electrons. The predicted octanol–water partition coefficient (Wildman–Crippen LogP) is 2.21. The molecule has 3 rings (SSSR count). The van der Waals surface area contributed by atoms with Crippen molar-refractivity contribution in [1.82, 2.24) is 10.6 Å². The SMILES string of the molecule is COc1ccc(C(=O)NCCNC(=O)c2ccc(NC(=O)C3CC3)cc2)c(OC)c1. The van der Waals surface area contributed by atoms with E-state index in [9.17, 15) is 14.4 Å². The average Bonchev–Trinajstić information content (AvgIpc) is 3.62. The van der Waals surface area contributed by atoms with Gasteiger partial charge in [0.05, 0.1) is 19.8 Å². The van der Waals surface area contributed by atoms with Gasteiger partial charge >= 0.3 is 0 Å². The maximum absolute atomic E-state index is 12.3. The highest BCUT2D eigenvalue weighted by Crippen LogP contribution is 2.30. The molecule has 0 saturated heterocycles. The first-order chi connectivity index (χ1) is 14.5. The number of carbonyl (C=O) groups excluding carboxylic acids is 3. The summed E-state index contributed by atoms with van der Waals surface area (Å²) in [5, 5.41) is 8.32. The van der Waals surface area contributed by atoms with Gasteiger partial charge in [0.1, 0.15) is 11.5 Å². The fourth-order valence-corrected chi connectivity index (χ4v) is 2.83. The zero-order valence-electron chi connectivity index (χ0n) is 17.0. The number of methoxy groups -OCH3 is 2. The second kappa shape index (κ2) is 9.78. The zero-order chi connectivity index (χ0) is 21.5. The van der Waals surface area contributed by atoms with E-state index < -0.39 is 0 Å². The highest BCUT2D eigenvalue weighted by atomic mass is 16.5. The maximum atomic E-state index is 12.3. The number of carbonyl (C=O) groups is 3. The van der Waals surface area contributed by atoms with E-state index in [0.29, 0.717) is 28.3 Å². The van der Waals surface area contributed by atoms with Crippen molar-refractivity contribution in [2.24, 2.45) is 5.92 Å². The fraction of sp³-hybridized carbons (Fsp3) is 0.318. The summed E-state index contributed by atoms with van der Waals surface area (Å²) in [7, 11) is 3.02. The van der Waals surface area contributed by atoms with Crippen molar-refractivity contribution >= 4 is 23.4 Å².